The number of hydrogen-bond donors (Lipinski definition) is 1. The van der Waals surface area contributed by atoms with E-state index in [1.807, 2.05) is 97.9 Å². The number of nitro benzene ring substituents is 1. The summed E-state index contributed by atoms with van der Waals surface area (Å²) < 4.78 is 23.6. The lowest BCUT2D eigenvalue weighted by Gasteiger charge is -2.53. The van der Waals surface area contributed by atoms with Gasteiger partial charge in [-0.25, -0.2) is 9.59 Å². The number of benzene rings is 5. The maximum Gasteiger partial charge on any atom is 0.411 e. The van der Waals surface area contributed by atoms with Gasteiger partial charge in [0.05, 0.1) is 29.4 Å². The van der Waals surface area contributed by atoms with Gasteiger partial charge in [-0.1, -0.05) is 149 Å². The molecule has 14 nitrogen and oxygen atoms in total. The molecule has 6 rings (SSSR count). The Bertz CT molecular complexity index is 2730. The monoisotopic (exact) mass is 997 g/mol. The number of ether oxygens (including phenoxy) is 3. The molecule has 1 aliphatic heterocycles. The third-order valence-corrected chi connectivity index (χ3v) is 21.7. The van der Waals surface area contributed by atoms with E-state index < -0.39 is 67.9 Å². The molecular weight excluding hydrogens is 938 g/mol. The zero-order chi connectivity index (χ0) is 51.5. The molecule has 5 aromatic rings. The van der Waals surface area contributed by atoms with Gasteiger partial charge in [-0.15, -0.1) is 0 Å². The van der Waals surface area contributed by atoms with Crippen molar-refractivity contribution in [2.45, 2.75) is 77.4 Å². The van der Waals surface area contributed by atoms with E-state index in [0.29, 0.717) is 11.1 Å². The number of likely N-dealkylation sites (tertiary alicyclic amines) is 1. The van der Waals surface area contributed by atoms with E-state index in [0.717, 1.165) is 15.9 Å². The first-order valence-electron chi connectivity index (χ1n) is 23.2. The van der Waals surface area contributed by atoms with Crippen molar-refractivity contribution < 1.29 is 47.5 Å². The number of β-lactam (4-membered cyclic amide) rings is 1. The average Bonchev–Trinajstić information content (AvgIpc) is 3.35. The molecule has 0 spiro atoms. The second kappa shape index (κ2) is 23.1. The number of hydrogen-bond acceptors (Lipinski definition) is 11. The molecule has 2 amide bonds. The summed E-state index contributed by atoms with van der Waals surface area (Å²) >= 11 is 0. The van der Waals surface area contributed by atoms with Gasteiger partial charge in [-0.05, 0) is 70.3 Å². The Morgan fingerprint density at radius 1 is 0.803 bits per heavy atom. The van der Waals surface area contributed by atoms with E-state index in [-0.39, 0.29) is 60.1 Å². The number of anilines is 1. The van der Waals surface area contributed by atoms with Gasteiger partial charge in [0.25, 0.3) is 5.69 Å². The van der Waals surface area contributed by atoms with Crippen molar-refractivity contribution in [2.24, 2.45) is 5.92 Å². The van der Waals surface area contributed by atoms with Crippen LogP contribution in [0.2, 0.25) is 18.1 Å². The highest BCUT2D eigenvalue weighted by atomic mass is 31.2. The second-order valence-corrected chi connectivity index (χ2v) is 26.6. The van der Waals surface area contributed by atoms with Crippen molar-refractivity contribution >= 4 is 77.6 Å². The zero-order valence-corrected chi connectivity index (χ0v) is 42.8. The number of carbonyl (C=O) groups is 5. The minimum absolute atomic E-state index is 0.0901. The van der Waals surface area contributed by atoms with Gasteiger partial charge in [-0.3, -0.25) is 29.8 Å². The Kier molecular flexibility index (Phi) is 17.3. The molecule has 1 N–H and O–H groups in total. The lowest BCUT2D eigenvalue weighted by atomic mass is 9.79. The van der Waals surface area contributed by atoms with Crippen LogP contribution in [0.25, 0.3) is 0 Å². The lowest BCUT2D eigenvalue weighted by Crippen LogP contribution is -2.69. The molecule has 0 radical (unpaired) electrons. The number of nitro groups is 1. The summed E-state index contributed by atoms with van der Waals surface area (Å²) in [5, 5.41) is 15.9. The molecule has 0 saturated carbocycles. The van der Waals surface area contributed by atoms with Crippen LogP contribution in [0, 0.1) is 16.0 Å². The molecule has 0 aromatic heterocycles. The van der Waals surface area contributed by atoms with Crippen molar-refractivity contribution in [1.82, 2.24) is 4.90 Å². The molecule has 0 unspecified atom stereocenters. The SMILES string of the molecule is C=CCOC(=O)Nc1cc(C(=O)C[C@@H]2[C@@H]([C@@H](C)O[Si](C)(C)C(C)(C)C)C(=O)N2C(C(=O)OCC=C)=P(c2ccccc2)(c2ccccc2)c2ccccc2)ccc1CC(=O)OCc1ccc([N+](=O)[O-])cc1. The van der Waals surface area contributed by atoms with E-state index in [1.54, 1.807) is 0 Å². The fourth-order valence-electron chi connectivity index (χ4n) is 8.33. The standard InChI is InChI=1S/C55H60N3O11PSi/c1-9-32-66-53(62)52(70(43-20-14-11-15-21-43,44-22-16-12-17-23-44)45-24-18-13-19-25-45)57-47(50(51(57)61)38(3)69-71(7,8)55(4,5)6)36-48(59)41-29-28-40(46(34-41)56-54(63)67-33-10-2)35-49(60)68-37-39-26-30-42(31-27-39)58(64)65/h9-31,34,38,47,50H,1-2,32-33,35-37H2,3-8H3,(H,56,63)/t38-,47-,50-/m1/s1. The summed E-state index contributed by atoms with van der Waals surface area (Å²) in [6.07, 6.45) is 0.677. The topological polar surface area (TPSA) is 181 Å². The Hall–Kier alpha value is -7.19. The number of rotatable bonds is 21. The fraction of sp³-hybridized carbons (Fsp3) is 0.273. The molecule has 0 aliphatic carbocycles. The van der Waals surface area contributed by atoms with Crippen molar-refractivity contribution in [3.05, 3.63) is 186 Å². The van der Waals surface area contributed by atoms with Crippen molar-refractivity contribution in [3.63, 3.8) is 0 Å². The van der Waals surface area contributed by atoms with E-state index in [1.165, 1.54) is 59.5 Å². The molecule has 71 heavy (non-hydrogen) atoms. The van der Waals surface area contributed by atoms with Gasteiger partial charge in [-0.2, -0.15) is 0 Å². The summed E-state index contributed by atoms with van der Waals surface area (Å²) in [5.74, 6) is -3.14. The Balaban J connectivity index is 1.49. The first-order chi connectivity index (χ1) is 33.8. The van der Waals surface area contributed by atoms with Crippen LogP contribution in [-0.2, 0) is 46.0 Å². The van der Waals surface area contributed by atoms with E-state index >= 15 is 14.4 Å². The summed E-state index contributed by atoms with van der Waals surface area (Å²) in [6, 6.07) is 37.8. The van der Waals surface area contributed by atoms with Crippen molar-refractivity contribution in [2.75, 3.05) is 18.5 Å². The molecule has 1 heterocycles. The number of carbonyl (C=O) groups excluding carboxylic acids is 5. The normalized spacial score (nSPS) is 15.1. The molecule has 1 fully saturated rings. The van der Waals surface area contributed by atoms with Crippen LogP contribution in [-0.4, -0.2) is 78.6 Å². The molecule has 16 heteroatoms. The number of nitrogens with zero attached hydrogens (tertiary/aromatic N) is 2. The minimum atomic E-state index is -3.35. The number of ketones is 1. The number of non-ortho nitro benzene ring substituents is 1. The van der Waals surface area contributed by atoms with E-state index in [4.69, 9.17) is 18.6 Å². The summed E-state index contributed by atoms with van der Waals surface area (Å²) in [6.45, 7) is 15.9. The first-order valence-corrected chi connectivity index (χ1v) is 27.9. The third-order valence-electron chi connectivity index (χ3n) is 12.8. The van der Waals surface area contributed by atoms with Crippen LogP contribution in [0.15, 0.2) is 159 Å². The molecule has 0 bridgehead atoms. The van der Waals surface area contributed by atoms with Crippen LogP contribution < -0.4 is 21.2 Å². The molecule has 3 atom stereocenters. The first kappa shape index (κ1) is 53.2. The number of nitrogens with one attached hydrogen (secondary N) is 1. The highest BCUT2D eigenvalue weighted by Crippen LogP contribution is 2.51. The Morgan fingerprint density at radius 2 is 1.34 bits per heavy atom. The quantitative estimate of drug-likeness (QED) is 0.00852. The van der Waals surface area contributed by atoms with Crippen LogP contribution in [0.5, 0.6) is 0 Å². The third kappa shape index (κ3) is 12.1. The van der Waals surface area contributed by atoms with Crippen LogP contribution in [0.3, 0.4) is 0 Å². The maximum absolute atomic E-state index is 15.4. The highest BCUT2D eigenvalue weighted by Gasteiger charge is 2.57. The van der Waals surface area contributed by atoms with Crippen molar-refractivity contribution in [3.8, 4) is 0 Å². The average molecular weight is 998 g/mol. The van der Waals surface area contributed by atoms with Crippen molar-refractivity contribution in [1.29, 1.82) is 0 Å². The number of Topliss-reactive ketones (excluding diaryl/α,β-unsaturated/α-hetero) is 1. The largest absolute Gasteiger partial charge is 0.461 e. The summed E-state index contributed by atoms with van der Waals surface area (Å²) in [4.78, 5) is 83.9. The predicted octanol–water partition coefficient (Wildman–Crippen LogP) is 9.28. The molecular formula is C55H60N3O11PSi. The predicted molar refractivity (Wildman–Crippen MR) is 280 cm³/mol. The van der Waals surface area contributed by atoms with E-state index in [2.05, 4.69) is 52.3 Å². The minimum Gasteiger partial charge on any atom is -0.461 e. The van der Waals surface area contributed by atoms with E-state index in [9.17, 15) is 19.7 Å². The van der Waals surface area contributed by atoms with Gasteiger partial charge in [0.15, 0.2) is 14.1 Å². The zero-order valence-electron chi connectivity index (χ0n) is 40.9. The number of esters is 2. The van der Waals surface area contributed by atoms with Gasteiger partial charge in [0.2, 0.25) is 5.91 Å². The Labute approximate surface area is 415 Å². The van der Waals surface area contributed by atoms with Gasteiger partial charge in [0, 0.05) is 36.7 Å². The number of amides is 2. The summed E-state index contributed by atoms with van der Waals surface area (Å²) in [5.41, 5.74) is 1.02. The van der Waals surface area contributed by atoms with Crippen LogP contribution >= 0.6 is 6.89 Å². The van der Waals surface area contributed by atoms with Gasteiger partial charge < -0.3 is 23.5 Å². The summed E-state index contributed by atoms with van der Waals surface area (Å²) in [7, 11) is -2.52. The second-order valence-electron chi connectivity index (χ2n) is 18.5. The molecule has 5 aromatic carbocycles. The van der Waals surface area contributed by atoms with Gasteiger partial charge >= 0.3 is 18.0 Å². The van der Waals surface area contributed by atoms with Crippen LogP contribution in [0.4, 0.5) is 16.2 Å². The lowest BCUT2D eigenvalue weighted by molar-refractivity contribution is -0.384. The van der Waals surface area contributed by atoms with Crippen LogP contribution in [0.1, 0.15) is 55.6 Å². The molecule has 370 valence electrons. The fourth-order valence-corrected chi connectivity index (χ4v) is 14.2. The maximum atomic E-state index is 15.4. The molecule has 1 saturated heterocycles. The highest BCUT2D eigenvalue weighted by molar-refractivity contribution is 7.96. The Morgan fingerprint density at radius 3 is 1.85 bits per heavy atom. The van der Waals surface area contributed by atoms with Gasteiger partial charge in [0.1, 0.15) is 25.2 Å². The smallest absolute Gasteiger partial charge is 0.411 e. The molecule has 1 aliphatic rings.